The van der Waals surface area contributed by atoms with Crippen molar-refractivity contribution in [2.45, 2.75) is 39.5 Å². The first-order chi connectivity index (χ1) is 7.60. The first-order valence-corrected chi connectivity index (χ1v) is 5.51. The molecule has 0 bridgehead atoms. The summed E-state index contributed by atoms with van der Waals surface area (Å²) in [5.74, 6) is 1.97. The fourth-order valence-corrected chi connectivity index (χ4v) is 1.29. The molecule has 88 valence electrons. The number of carbonyl (C=O) groups excluding carboxylic acids is 1. The highest BCUT2D eigenvalue weighted by molar-refractivity contribution is 5.94. The van der Waals surface area contributed by atoms with Crippen LogP contribution in [0.1, 0.15) is 39.5 Å². The summed E-state index contributed by atoms with van der Waals surface area (Å²) < 4.78 is 0. The smallest absolute Gasteiger partial charge is 0.205 e. The molecular formula is C14H20O2. The maximum atomic E-state index is 10.9. The zero-order valence-electron chi connectivity index (χ0n) is 10.1. The number of hydrogen-bond donors (Lipinski definition) is 1. The summed E-state index contributed by atoms with van der Waals surface area (Å²) in [4.78, 5) is 10.9. The minimum atomic E-state index is -0.135. The van der Waals surface area contributed by atoms with Gasteiger partial charge < -0.3 is 5.11 Å². The third-order valence-corrected chi connectivity index (χ3v) is 2.38. The third-order valence-electron chi connectivity index (χ3n) is 2.38. The SMILES string of the molecule is C#CC(=O)CC/C(C)=C/CC/C(C)=C/CO. The molecule has 2 nitrogen and oxygen atoms in total. The predicted octanol–water partition coefficient (Wildman–Crippen LogP) is 2.63. The van der Waals surface area contributed by atoms with Crippen LogP contribution < -0.4 is 0 Å². The Hall–Kier alpha value is -1.33. The third kappa shape index (κ3) is 8.02. The molecule has 0 saturated carbocycles. The standard InChI is InChI=1S/C14H20O2/c1-4-14(16)9-8-12(2)6-5-7-13(3)10-11-15/h1,6,10,15H,5,7-9,11H2,2-3H3/b12-6+,13-10+. The molecule has 0 saturated heterocycles. The van der Waals surface area contributed by atoms with Gasteiger partial charge in [-0.15, -0.1) is 6.42 Å². The van der Waals surface area contributed by atoms with Gasteiger partial charge in [0.05, 0.1) is 6.61 Å². The van der Waals surface area contributed by atoms with Crippen molar-refractivity contribution in [3.8, 4) is 12.3 Å². The molecule has 0 amide bonds. The lowest BCUT2D eigenvalue weighted by atomic mass is 10.1. The predicted molar refractivity (Wildman–Crippen MR) is 66.9 cm³/mol. The molecule has 16 heavy (non-hydrogen) atoms. The Morgan fingerprint density at radius 1 is 1.19 bits per heavy atom. The number of allylic oxidation sites excluding steroid dienone is 3. The fraction of sp³-hybridized carbons (Fsp3) is 0.500. The molecule has 0 aliphatic heterocycles. The Kier molecular flexibility index (Phi) is 8.19. The Morgan fingerprint density at radius 3 is 2.38 bits per heavy atom. The highest BCUT2D eigenvalue weighted by Gasteiger charge is 1.97. The average molecular weight is 220 g/mol. The summed E-state index contributed by atoms with van der Waals surface area (Å²) in [5.41, 5.74) is 2.38. The zero-order valence-corrected chi connectivity index (χ0v) is 10.1. The van der Waals surface area contributed by atoms with Gasteiger partial charge in [-0.25, -0.2) is 0 Å². The topological polar surface area (TPSA) is 37.3 Å². The second-order valence-corrected chi connectivity index (χ2v) is 3.89. The Bertz CT molecular complexity index is 316. The molecule has 0 heterocycles. The van der Waals surface area contributed by atoms with Crippen molar-refractivity contribution in [1.29, 1.82) is 0 Å². The molecule has 2 heteroatoms. The summed E-state index contributed by atoms with van der Waals surface area (Å²) >= 11 is 0. The highest BCUT2D eigenvalue weighted by Crippen LogP contribution is 2.10. The van der Waals surface area contributed by atoms with E-state index in [1.165, 1.54) is 11.1 Å². The summed E-state index contributed by atoms with van der Waals surface area (Å²) in [5, 5.41) is 8.67. The number of terminal acetylenes is 1. The van der Waals surface area contributed by atoms with Gasteiger partial charge in [0, 0.05) is 6.42 Å². The normalized spacial score (nSPS) is 12.4. The molecule has 0 aliphatic rings. The van der Waals surface area contributed by atoms with E-state index in [4.69, 9.17) is 11.5 Å². The van der Waals surface area contributed by atoms with E-state index in [-0.39, 0.29) is 12.4 Å². The first kappa shape index (κ1) is 14.7. The van der Waals surface area contributed by atoms with E-state index in [0.29, 0.717) is 6.42 Å². The molecule has 0 spiro atoms. The maximum Gasteiger partial charge on any atom is 0.205 e. The van der Waals surface area contributed by atoms with E-state index in [1.807, 2.05) is 19.9 Å². The first-order valence-electron chi connectivity index (χ1n) is 5.51. The van der Waals surface area contributed by atoms with Crippen LogP contribution in [0.25, 0.3) is 0 Å². The van der Waals surface area contributed by atoms with Gasteiger partial charge in [-0.05, 0) is 39.0 Å². The minimum absolute atomic E-state index is 0.102. The van der Waals surface area contributed by atoms with E-state index in [0.717, 1.165) is 19.3 Å². The van der Waals surface area contributed by atoms with Crippen LogP contribution in [0, 0.1) is 12.3 Å². The quantitative estimate of drug-likeness (QED) is 0.407. The lowest BCUT2D eigenvalue weighted by Crippen LogP contribution is -1.92. The van der Waals surface area contributed by atoms with Gasteiger partial charge in [0.15, 0.2) is 0 Å². The van der Waals surface area contributed by atoms with Crippen molar-refractivity contribution in [2.24, 2.45) is 0 Å². The lowest BCUT2D eigenvalue weighted by Gasteiger charge is -2.00. The van der Waals surface area contributed by atoms with Gasteiger partial charge in [0.1, 0.15) is 0 Å². The number of hydrogen-bond acceptors (Lipinski definition) is 2. The van der Waals surface area contributed by atoms with Crippen LogP contribution in [-0.2, 0) is 4.79 Å². The van der Waals surface area contributed by atoms with Crippen molar-refractivity contribution >= 4 is 5.78 Å². The molecule has 0 aliphatic carbocycles. The van der Waals surface area contributed by atoms with Crippen molar-refractivity contribution in [3.63, 3.8) is 0 Å². The molecule has 1 N–H and O–H groups in total. The molecule has 0 aromatic rings. The lowest BCUT2D eigenvalue weighted by molar-refractivity contribution is -0.113. The van der Waals surface area contributed by atoms with Gasteiger partial charge >= 0.3 is 0 Å². The largest absolute Gasteiger partial charge is 0.392 e. The van der Waals surface area contributed by atoms with Gasteiger partial charge in [0.25, 0.3) is 0 Å². The molecule has 0 fully saturated rings. The van der Waals surface area contributed by atoms with E-state index in [2.05, 4.69) is 12.0 Å². The Balaban J connectivity index is 3.84. The monoisotopic (exact) mass is 220 g/mol. The summed E-state index contributed by atoms with van der Waals surface area (Å²) in [6.45, 7) is 4.11. The second-order valence-electron chi connectivity index (χ2n) is 3.89. The van der Waals surface area contributed by atoms with Gasteiger partial charge in [-0.1, -0.05) is 23.3 Å². The van der Waals surface area contributed by atoms with Crippen LogP contribution in [0.2, 0.25) is 0 Å². The number of ketones is 1. The highest BCUT2D eigenvalue weighted by atomic mass is 16.2. The van der Waals surface area contributed by atoms with Crippen LogP contribution in [0.5, 0.6) is 0 Å². The second kappa shape index (κ2) is 8.94. The molecular weight excluding hydrogens is 200 g/mol. The summed E-state index contributed by atoms with van der Waals surface area (Å²) in [7, 11) is 0. The molecule has 0 unspecified atom stereocenters. The minimum Gasteiger partial charge on any atom is -0.392 e. The van der Waals surface area contributed by atoms with E-state index >= 15 is 0 Å². The summed E-state index contributed by atoms with van der Waals surface area (Å²) in [6.07, 6.45) is 12.0. The number of aliphatic hydroxyl groups is 1. The van der Waals surface area contributed by atoms with Crippen LogP contribution in [0.3, 0.4) is 0 Å². The van der Waals surface area contributed by atoms with Gasteiger partial charge in [0.2, 0.25) is 5.78 Å². The van der Waals surface area contributed by atoms with Crippen molar-refractivity contribution in [1.82, 2.24) is 0 Å². The van der Waals surface area contributed by atoms with Crippen molar-refractivity contribution < 1.29 is 9.90 Å². The van der Waals surface area contributed by atoms with Crippen molar-refractivity contribution in [2.75, 3.05) is 6.61 Å². The van der Waals surface area contributed by atoms with Crippen molar-refractivity contribution in [3.05, 3.63) is 23.3 Å². The number of Topliss-reactive ketones (excluding diaryl/α,β-unsaturated/α-hetero) is 1. The van der Waals surface area contributed by atoms with Crippen LogP contribution in [-0.4, -0.2) is 17.5 Å². The molecule has 0 aromatic carbocycles. The van der Waals surface area contributed by atoms with Crippen LogP contribution >= 0.6 is 0 Å². The van der Waals surface area contributed by atoms with E-state index in [9.17, 15) is 4.79 Å². The number of rotatable bonds is 7. The van der Waals surface area contributed by atoms with Gasteiger partial charge in [-0.2, -0.15) is 0 Å². The average Bonchev–Trinajstić information content (AvgIpc) is 2.26. The fourth-order valence-electron chi connectivity index (χ4n) is 1.29. The Labute approximate surface area is 98.1 Å². The molecule has 0 aromatic heterocycles. The van der Waals surface area contributed by atoms with E-state index < -0.39 is 0 Å². The Morgan fingerprint density at radius 2 is 1.81 bits per heavy atom. The molecule has 0 atom stereocenters. The zero-order chi connectivity index (χ0) is 12.4. The van der Waals surface area contributed by atoms with E-state index in [1.54, 1.807) is 0 Å². The number of aliphatic hydroxyl groups excluding tert-OH is 1. The maximum absolute atomic E-state index is 10.9. The van der Waals surface area contributed by atoms with Gasteiger partial charge in [-0.3, -0.25) is 4.79 Å². The summed E-state index contributed by atoms with van der Waals surface area (Å²) in [6, 6.07) is 0. The number of carbonyl (C=O) groups is 1. The van der Waals surface area contributed by atoms with Crippen LogP contribution in [0.15, 0.2) is 23.3 Å². The molecule has 0 radical (unpaired) electrons. The van der Waals surface area contributed by atoms with Crippen LogP contribution in [0.4, 0.5) is 0 Å². The molecule has 0 rings (SSSR count).